The SMILES string of the molecule is CC1C(=O)NC(=O)CN1CC(=O)c1cc(Cl)sc1Cl. The number of halogens is 2. The third-order valence-electron chi connectivity index (χ3n) is 2.84. The number of imide groups is 1. The lowest BCUT2D eigenvalue weighted by molar-refractivity contribution is -0.139. The summed E-state index contributed by atoms with van der Waals surface area (Å²) >= 11 is 12.8. The largest absolute Gasteiger partial charge is 0.294 e. The number of nitrogens with zero attached hydrogens (tertiary/aromatic N) is 1. The Hall–Kier alpha value is -0.950. The van der Waals surface area contributed by atoms with E-state index in [1.807, 2.05) is 0 Å². The van der Waals surface area contributed by atoms with E-state index < -0.39 is 17.9 Å². The number of rotatable bonds is 3. The minimum absolute atomic E-state index is 0.00807. The highest BCUT2D eigenvalue weighted by Gasteiger charge is 2.32. The summed E-state index contributed by atoms with van der Waals surface area (Å²) in [5, 5.41) is 2.21. The van der Waals surface area contributed by atoms with Crippen LogP contribution < -0.4 is 5.32 Å². The van der Waals surface area contributed by atoms with Crippen molar-refractivity contribution in [1.29, 1.82) is 0 Å². The Kier molecular flexibility index (Phi) is 4.25. The van der Waals surface area contributed by atoms with Gasteiger partial charge in [0.15, 0.2) is 5.78 Å². The van der Waals surface area contributed by atoms with Crippen molar-refractivity contribution in [3.05, 3.63) is 20.3 Å². The fourth-order valence-corrected chi connectivity index (χ4v) is 3.26. The van der Waals surface area contributed by atoms with Crippen LogP contribution in [0.4, 0.5) is 0 Å². The highest BCUT2D eigenvalue weighted by Crippen LogP contribution is 2.31. The molecule has 5 nitrogen and oxygen atoms in total. The zero-order valence-corrected chi connectivity index (χ0v) is 12.2. The molecule has 1 aromatic rings. The highest BCUT2D eigenvalue weighted by atomic mass is 35.5. The van der Waals surface area contributed by atoms with Crippen LogP contribution in [0.5, 0.6) is 0 Å². The van der Waals surface area contributed by atoms with Gasteiger partial charge in [-0.1, -0.05) is 23.2 Å². The van der Waals surface area contributed by atoms with Crippen molar-refractivity contribution in [1.82, 2.24) is 10.2 Å². The summed E-state index contributed by atoms with van der Waals surface area (Å²) in [6.07, 6.45) is 0. The van der Waals surface area contributed by atoms with Gasteiger partial charge in [-0.15, -0.1) is 11.3 Å². The molecule has 102 valence electrons. The standard InChI is InChI=1S/C11H10Cl2N2O3S/c1-5-11(18)14-9(17)4-15(5)3-7(16)6-2-8(12)19-10(6)13/h2,5H,3-4H2,1H3,(H,14,17,18). The van der Waals surface area contributed by atoms with Crippen LogP contribution >= 0.6 is 34.5 Å². The minimum atomic E-state index is -0.533. The number of carbonyl (C=O) groups excluding carboxylic acids is 3. The maximum absolute atomic E-state index is 12.1. The van der Waals surface area contributed by atoms with Crippen molar-refractivity contribution in [2.75, 3.05) is 13.1 Å². The van der Waals surface area contributed by atoms with E-state index in [0.29, 0.717) is 14.2 Å². The third kappa shape index (κ3) is 3.14. The monoisotopic (exact) mass is 320 g/mol. The Morgan fingerprint density at radius 2 is 2.21 bits per heavy atom. The number of piperazine rings is 1. The van der Waals surface area contributed by atoms with E-state index in [-0.39, 0.29) is 18.9 Å². The van der Waals surface area contributed by atoms with Crippen molar-refractivity contribution in [2.45, 2.75) is 13.0 Å². The zero-order chi connectivity index (χ0) is 14.2. The lowest BCUT2D eigenvalue weighted by Gasteiger charge is -2.30. The predicted molar refractivity (Wildman–Crippen MR) is 72.9 cm³/mol. The Bertz CT molecular complexity index is 558. The number of hydrogen-bond donors (Lipinski definition) is 1. The molecular formula is C11H10Cl2N2O3S. The number of amides is 2. The zero-order valence-electron chi connectivity index (χ0n) is 9.91. The van der Waals surface area contributed by atoms with Crippen LogP contribution in [0.2, 0.25) is 8.67 Å². The van der Waals surface area contributed by atoms with Crippen molar-refractivity contribution in [3.8, 4) is 0 Å². The van der Waals surface area contributed by atoms with Crippen LogP contribution in [0.3, 0.4) is 0 Å². The second-order valence-corrected chi connectivity index (χ2v) is 6.44. The van der Waals surface area contributed by atoms with Gasteiger partial charge in [0.05, 0.1) is 29.0 Å². The molecule has 0 aliphatic carbocycles. The van der Waals surface area contributed by atoms with Crippen molar-refractivity contribution < 1.29 is 14.4 Å². The van der Waals surface area contributed by atoms with E-state index in [2.05, 4.69) is 5.32 Å². The van der Waals surface area contributed by atoms with Crippen molar-refractivity contribution in [2.24, 2.45) is 0 Å². The first-order chi connectivity index (χ1) is 8.88. The van der Waals surface area contributed by atoms with Gasteiger partial charge in [-0.3, -0.25) is 24.6 Å². The molecule has 1 atom stereocenters. The predicted octanol–water partition coefficient (Wildman–Crippen LogP) is 1.58. The average Bonchev–Trinajstić information content (AvgIpc) is 2.64. The lowest BCUT2D eigenvalue weighted by atomic mass is 10.1. The molecule has 2 rings (SSSR count). The minimum Gasteiger partial charge on any atom is -0.294 e. The molecule has 8 heteroatoms. The molecule has 0 spiro atoms. The Morgan fingerprint density at radius 3 is 2.79 bits per heavy atom. The van der Waals surface area contributed by atoms with E-state index >= 15 is 0 Å². The molecule has 19 heavy (non-hydrogen) atoms. The van der Waals surface area contributed by atoms with Crippen molar-refractivity contribution in [3.63, 3.8) is 0 Å². The van der Waals surface area contributed by atoms with Crippen LogP contribution in [0.15, 0.2) is 6.07 Å². The summed E-state index contributed by atoms with van der Waals surface area (Å²) in [7, 11) is 0. The number of carbonyl (C=O) groups is 3. The molecule has 1 aliphatic rings. The molecule has 1 aliphatic heterocycles. The molecule has 2 heterocycles. The molecule has 0 radical (unpaired) electrons. The van der Waals surface area contributed by atoms with E-state index in [1.165, 1.54) is 11.0 Å². The maximum Gasteiger partial charge on any atom is 0.243 e. The lowest BCUT2D eigenvalue weighted by Crippen LogP contribution is -2.57. The fraction of sp³-hybridized carbons (Fsp3) is 0.364. The van der Waals surface area contributed by atoms with Gasteiger partial charge in [-0.2, -0.15) is 0 Å². The summed E-state index contributed by atoms with van der Waals surface area (Å²) in [4.78, 5) is 36.4. The highest BCUT2D eigenvalue weighted by molar-refractivity contribution is 7.20. The topological polar surface area (TPSA) is 66.5 Å². The number of Topliss-reactive ketones (excluding diaryl/α,β-unsaturated/α-hetero) is 1. The van der Waals surface area contributed by atoms with Gasteiger partial charge in [0.25, 0.3) is 0 Å². The third-order valence-corrected chi connectivity index (χ3v) is 4.33. The number of ketones is 1. The summed E-state index contributed by atoms with van der Waals surface area (Å²) in [6, 6.07) is 0.961. The number of thiophene rings is 1. The molecule has 1 fully saturated rings. The molecule has 1 saturated heterocycles. The van der Waals surface area contributed by atoms with E-state index in [1.54, 1.807) is 6.92 Å². The molecule has 1 unspecified atom stereocenters. The molecule has 0 aromatic carbocycles. The number of hydrogen-bond acceptors (Lipinski definition) is 5. The number of nitrogens with one attached hydrogen (secondary N) is 1. The second kappa shape index (κ2) is 5.58. The van der Waals surface area contributed by atoms with Gasteiger partial charge < -0.3 is 0 Å². The Balaban J connectivity index is 2.12. The maximum atomic E-state index is 12.1. The Morgan fingerprint density at radius 1 is 1.53 bits per heavy atom. The van der Waals surface area contributed by atoms with E-state index in [4.69, 9.17) is 23.2 Å². The smallest absolute Gasteiger partial charge is 0.243 e. The Labute approximate surface area is 123 Å². The summed E-state index contributed by atoms with van der Waals surface area (Å²) in [5.41, 5.74) is 0.322. The summed E-state index contributed by atoms with van der Waals surface area (Å²) in [6.45, 7) is 1.60. The van der Waals surface area contributed by atoms with Gasteiger partial charge in [-0.05, 0) is 13.0 Å². The normalized spacial score (nSPS) is 20.5. The van der Waals surface area contributed by atoms with E-state index in [0.717, 1.165) is 11.3 Å². The summed E-state index contributed by atoms with van der Waals surface area (Å²) in [5.74, 6) is -1.08. The first-order valence-corrected chi connectivity index (χ1v) is 7.01. The van der Waals surface area contributed by atoms with E-state index in [9.17, 15) is 14.4 Å². The van der Waals surface area contributed by atoms with Crippen LogP contribution in [0, 0.1) is 0 Å². The van der Waals surface area contributed by atoms with Crippen LogP contribution in [0.25, 0.3) is 0 Å². The molecule has 2 amide bonds. The molecule has 1 aromatic heterocycles. The van der Waals surface area contributed by atoms with Gasteiger partial charge >= 0.3 is 0 Å². The van der Waals surface area contributed by atoms with Crippen molar-refractivity contribution >= 4 is 52.1 Å². The van der Waals surface area contributed by atoms with Crippen LogP contribution in [-0.4, -0.2) is 41.6 Å². The fourth-order valence-electron chi connectivity index (χ4n) is 1.76. The van der Waals surface area contributed by atoms with Crippen LogP contribution in [-0.2, 0) is 9.59 Å². The molecular weight excluding hydrogens is 311 g/mol. The first-order valence-electron chi connectivity index (χ1n) is 5.44. The van der Waals surface area contributed by atoms with Gasteiger partial charge in [0, 0.05) is 0 Å². The quantitative estimate of drug-likeness (QED) is 0.678. The summed E-state index contributed by atoms with van der Waals surface area (Å²) < 4.78 is 0.740. The van der Waals surface area contributed by atoms with Gasteiger partial charge in [-0.25, -0.2) is 0 Å². The van der Waals surface area contributed by atoms with Gasteiger partial charge in [0.2, 0.25) is 11.8 Å². The second-order valence-electron chi connectivity index (χ2n) is 4.15. The first kappa shape index (κ1) is 14.5. The molecule has 1 N–H and O–H groups in total. The average molecular weight is 321 g/mol. The van der Waals surface area contributed by atoms with Crippen LogP contribution in [0.1, 0.15) is 17.3 Å². The van der Waals surface area contributed by atoms with Gasteiger partial charge in [0.1, 0.15) is 4.34 Å². The molecule has 0 saturated carbocycles. The molecule has 0 bridgehead atoms.